The number of phenols is 1. The molecule has 19 nitrogen and oxygen atoms in total. The van der Waals surface area contributed by atoms with Crippen molar-refractivity contribution < 1.29 is 38.9 Å². The molecule has 0 spiro atoms. The minimum Gasteiger partial charge on any atom is -0.508 e. The fourth-order valence-corrected chi connectivity index (χ4v) is 7.11. The molecule has 1 aliphatic carbocycles. The van der Waals surface area contributed by atoms with E-state index in [0.29, 0.717) is 97.8 Å². The van der Waals surface area contributed by atoms with Crippen molar-refractivity contribution in [2.45, 2.75) is 25.8 Å². The molecular formula is C39H38N10O9. The molecule has 2 fully saturated rings. The number of benzene rings is 3. The molecule has 0 saturated carbocycles. The van der Waals surface area contributed by atoms with E-state index in [1.54, 1.807) is 42.3 Å². The van der Waals surface area contributed by atoms with E-state index < -0.39 is 18.0 Å². The van der Waals surface area contributed by atoms with Crippen LogP contribution in [0.1, 0.15) is 35.4 Å². The number of hydrogen-bond donors (Lipinski definition) is 4. The van der Waals surface area contributed by atoms with Gasteiger partial charge >= 0.3 is 11.9 Å². The normalized spacial score (nSPS) is 15.2. The molecule has 2 aromatic carbocycles. The van der Waals surface area contributed by atoms with Crippen molar-refractivity contribution in [3.63, 3.8) is 0 Å². The summed E-state index contributed by atoms with van der Waals surface area (Å²) in [6.45, 7) is 5.40. The van der Waals surface area contributed by atoms with Gasteiger partial charge in [0.2, 0.25) is 23.8 Å². The molecular weight excluding hydrogens is 752 g/mol. The largest absolute Gasteiger partial charge is 0.508 e. The van der Waals surface area contributed by atoms with Gasteiger partial charge in [-0.05, 0) is 48.9 Å². The molecule has 0 unspecified atom stereocenters. The Morgan fingerprint density at radius 2 is 1.59 bits per heavy atom. The molecule has 1 atom stereocenters. The zero-order valence-electron chi connectivity index (χ0n) is 31.2. The Labute approximate surface area is 329 Å². The number of anilines is 4. The van der Waals surface area contributed by atoms with Crippen LogP contribution in [0.4, 0.5) is 23.5 Å². The summed E-state index contributed by atoms with van der Waals surface area (Å²) in [7, 11) is 0. The van der Waals surface area contributed by atoms with E-state index in [1.165, 1.54) is 35.0 Å². The highest BCUT2D eigenvalue weighted by Gasteiger charge is 2.29. The first-order valence-corrected chi connectivity index (χ1v) is 18.6. The summed E-state index contributed by atoms with van der Waals surface area (Å²) in [5.74, 6) is -1.13. The third kappa shape index (κ3) is 7.79. The number of amides is 1. The molecule has 5 heterocycles. The second-order valence-corrected chi connectivity index (χ2v) is 13.9. The number of nitrogens with zero attached hydrogens (tertiary/aromatic N) is 9. The van der Waals surface area contributed by atoms with E-state index in [2.05, 4.69) is 15.6 Å². The Hall–Kier alpha value is -7.15. The fourth-order valence-electron chi connectivity index (χ4n) is 7.11. The van der Waals surface area contributed by atoms with Crippen LogP contribution in [0.5, 0.6) is 5.75 Å². The lowest BCUT2D eigenvalue weighted by molar-refractivity contribution is -0.137. The van der Waals surface area contributed by atoms with E-state index in [4.69, 9.17) is 29.2 Å². The van der Waals surface area contributed by atoms with Crippen molar-refractivity contribution in [2.75, 3.05) is 67.6 Å². The van der Waals surface area contributed by atoms with Crippen LogP contribution in [0.3, 0.4) is 0 Å². The van der Waals surface area contributed by atoms with E-state index in [1.807, 2.05) is 9.80 Å². The number of carboxylic acids is 2. The third-order valence-corrected chi connectivity index (χ3v) is 10.1. The van der Waals surface area contributed by atoms with Crippen LogP contribution in [0, 0.1) is 0 Å². The second kappa shape index (κ2) is 15.8. The Balaban J connectivity index is 1.06. The second-order valence-electron chi connectivity index (χ2n) is 13.9. The van der Waals surface area contributed by atoms with Crippen LogP contribution in [-0.2, 0) is 20.7 Å². The van der Waals surface area contributed by atoms with Crippen molar-refractivity contribution in [1.29, 1.82) is 0 Å². The van der Waals surface area contributed by atoms with Crippen LogP contribution in [0.2, 0.25) is 0 Å². The van der Waals surface area contributed by atoms with Gasteiger partial charge in [-0.2, -0.15) is 15.0 Å². The molecule has 8 rings (SSSR count). The highest BCUT2D eigenvalue weighted by Crippen LogP contribution is 2.42. The monoisotopic (exact) mass is 790 g/mol. The number of aromatic carboxylic acids is 1. The van der Waals surface area contributed by atoms with Crippen LogP contribution in [0.15, 0.2) is 70.0 Å². The predicted molar refractivity (Wildman–Crippen MR) is 209 cm³/mol. The van der Waals surface area contributed by atoms with Crippen LogP contribution < -0.4 is 20.5 Å². The number of carboxylic acid groups (broad SMARTS) is 2. The minimum atomic E-state index is -1.20. The maximum Gasteiger partial charge on any atom is 0.336 e. The Morgan fingerprint density at radius 1 is 0.862 bits per heavy atom. The summed E-state index contributed by atoms with van der Waals surface area (Å²) in [4.78, 5) is 69.5. The van der Waals surface area contributed by atoms with Crippen molar-refractivity contribution in [1.82, 2.24) is 34.8 Å². The molecule has 58 heavy (non-hydrogen) atoms. The number of aromatic hydroxyl groups is 1. The van der Waals surface area contributed by atoms with Crippen molar-refractivity contribution in [2.24, 2.45) is 0 Å². The highest BCUT2D eigenvalue weighted by atomic mass is 16.5. The van der Waals surface area contributed by atoms with E-state index in [0.717, 1.165) is 0 Å². The zero-order valence-corrected chi connectivity index (χ0v) is 31.2. The molecule has 4 aliphatic rings. The Kier molecular flexibility index (Phi) is 10.3. The summed E-state index contributed by atoms with van der Waals surface area (Å²) < 4.78 is 13.0. The number of piperazine rings is 1. The minimum absolute atomic E-state index is 0.0434. The van der Waals surface area contributed by atoms with E-state index in [-0.39, 0.29) is 52.8 Å². The smallest absolute Gasteiger partial charge is 0.336 e. The fraction of sp³-hybridized carbons (Fsp3) is 0.308. The van der Waals surface area contributed by atoms with Crippen LogP contribution in [0.25, 0.3) is 33.4 Å². The third-order valence-electron chi connectivity index (χ3n) is 10.1. The predicted octanol–water partition coefficient (Wildman–Crippen LogP) is 3.25. The number of aryl methyl sites for hydroxylation is 1. The van der Waals surface area contributed by atoms with Crippen molar-refractivity contribution in [3.8, 4) is 28.2 Å². The number of aliphatic carboxylic acids is 1. The summed E-state index contributed by atoms with van der Waals surface area (Å²) in [5.41, 5.74) is 2.24. The number of ether oxygens (including phenoxy) is 1. The summed E-state index contributed by atoms with van der Waals surface area (Å²) in [6.07, 6.45) is 1.73. The average molecular weight is 791 g/mol. The van der Waals surface area contributed by atoms with E-state index in [9.17, 15) is 29.4 Å². The highest BCUT2D eigenvalue weighted by molar-refractivity contribution is 6.08. The SMILES string of the molecule is C[C@@H](C(=O)N1CCN(c2nc(Nc3ccc(-c4c5ccc(=O)cc-5oc5cc(O)ccc45)c(C(=O)O)c3)nc(N3CCOCC3)n2)CC1)n1cc(CCC(=O)O)nn1. The van der Waals surface area contributed by atoms with Gasteiger partial charge in [-0.1, -0.05) is 11.3 Å². The lowest BCUT2D eigenvalue weighted by atomic mass is 9.90. The molecule has 1 amide bonds. The van der Waals surface area contributed by atoms with Crippen LogP contribution >= 0.6 is 0 Å². The molecule has 0 bridgehead atoms. The number of carbonyl (C=O) groups is 3. The van der Waals surface area contributed by atoms with Gasteiger partial charge in [0.1, 0.15) is 23.1 Å². The quantitative estimate of drug-likeness (QED) is 0.138. The number of hydrogen-bond acceptors (Lipinski definition) is 15. The summed E-state index contributed by atoms with van der Waals surface area (Å²) in [6, 6.07) is 13.0. The maximum absolute atomic E-state index is 13.5. The molecule has 2 saturated heterocycles. The molecule has 298 valence electrons. The molecule has 2 aromatic heterocycles. The van der Waals surface area contributed by atoms with Gasteiger partial charge in [0.15, 0.2) is 5.43 Å². The van der Waals surface area contributed by atoms with Gasteiger partial charge in [0.25, 0.3) is 0 Å². The van der Waals surface area contributed by atoms with E-state index >= 15 is 0 Å². The van der Waals surface area contributed by atoms with Gasteiger partial charge in [-0.3, -0.25) is 14.4 Å². The molecule has 0 radical (unpaired) electrons. The first-order valence-electron chi connectivity index (χ1n) is 18.6. The zero-order chi connectivity index (χ0) is 40.5. The topological polar surface area (TPSA) is 242 Å². The van der Waals surface area contributed by atoms with Crippen molar-refractivity contribution in [3.05, 3.63) is 82.3 Å². The number of fused-ring (bicyclic) bond motifs is 2. The lowest BCUT2D eigenvalue weighted by Crippen LogP contribution is -2.51. The Bertz CT molecular complexity index is 2560. The van der Waals surface area contributed by atoms with Gasteiger partial charge in [-0.15, -0.1) is 5.10 Å². The van der Waals surface area contributed by atoms with Gasteiger partial charge in [0.05, 0.1) is 30.9 Å². The standard InChI is InChI=1S/C39H38N10O9/c1-22(49-21-24(44-45-49)3-9-33(52)53)35(54)46-10-12-47(13-11-46)38-41-37(42-39(43-38)48-14-16-57-17-15-48)40-23-2-6-27(30(18-23)36(55)56)34-28-7-4-25(50)19-31(28)58-32-20-26(51)5-8-29(32)34/h2,4-8,18-22,50H,3,9-17H2,1H3,(H,52,53)(H,55,56)(H,40,41,42,43)/t22-/m0/s1. The molecule has 4 N–H and O–H groups in total. The first kappa shape index (κ1) is 37.8. The van der Waals surface area contributed by atoms with Crippen LogP contribution in [-0.4, -0.2) is 120 Å². The number of rotatable bonds is 11. The molecule has 4 aromatic rings. The average Bonchev–Trinajstić information content (AvgIpc) is 3.71. The van der Waals surface area contributed by atoms with Gasteiger partial charge in [-0.25, -0.2) is 9.48 Å². The summed E-state index contributed by atoms with van der Waals surface area (Å²) >= 11 is 0. The number of phenolic OH excluding ortho intramolecular Hbond substituents is 1. The first-order chi connectivity index (χ1) is 28.0. The Morgan fingerprint density at radius 3 is 2.31 bits per heavy atom. The van der Waals surface area contributed by atoms with Gasteiger partial charge in [0, 0.05) is 86.2 Å². The number of carbonyl (C=O) groups excluding carboxylic acids is 1. The molecule has 3 aliphatic heterocycles. The lowest BCUT2D eigenvalue weighted by Gasteiger charge is -2.36. The summed E-state index contributed by atoms with van der Waals surface area (Å²) in [5, 5.41) is 41.5. The van der Waals surface area contributed by atoms with Gasteiger partial charge < -0.3 is 44.5 Å². The maximum atomic E-state index is 13.5. The van der Waals surface area contributed by atoms with Crippen molar-refractivity contribution >= 4 is 52.3 Å². The number of aromatic nitrogens is 6. The number of nitrogens with one attached hydrogen (secondary N) is 1. The molecule has 19 heteroatoms. The number of morpholine rings is 1.